The van der Waals surface area contributed by atoms with Crippen molar-refractivity contribution in [3.8, 4) is 5.75 Å². The molecule has 0 aliphatic heterocycles. The first-order valence-electron chi connectivity index (χ1n) is 6.31. The Balaban J connectivity index is 2.33. The molecule has 0 aliphatic rings. The second kappa shape index (κ2) is 6.37. The number of ether oxygens (including phenoxy) is 1. The maximum Gasteiger partial charge on any atom is 0.261 e. The maximum atomic E-state index is 12.3. The zero-order valence-electron chi connectivity index (χ0n) is 12.0. The lowest BCUT2D eigenvalue weighted by molar-refractivity contribution is 0.101. The van der Waals surface area contributed by atoms with Crippen LogP contribution in [0.15, 0.2) is 47.4 Å². The highest BCUT2D eigenvalue weighted by atomic mass is 35.5. The smallest absolute Gasteiger partial charge is 0.261 e. The molecule has 0 amide bonds. The molecular weight excluding hydrogens is 326 g/mol. The molecule has 0 radical (unpaired) electrons. The summed E-state index contributed by atoms with van der Waals surface area (Å²) in [6.45, 7) is 1.41. The number of sulfonamides is 1. The summed E-state index contributed by atoms with van der Waals surface area (Å²) in [5.74, 6) is 0.349. The van der Waals surface area contributed by atoms with Gasteiger partial charge in [-0.3, -0.25) is 9.52 Å². The normalized spacial score (nSPS) is 11.0. The van der Waals surface area contributed by atoms with E-state index in [1.54, 1.807) is 6.07 Å². The van der Waals surface area contributed by atoms with Gasteiger partial charge in [-0.25, -0.2) is 8.42 Å². The SMILES string of the molecule is COc1ccc(Cl)c(NS(=O)(=O)c2ccc(C(C)=O)cc2)c1. The lowest BCUT2D eigenvalue weighted by Gasteiger charge is -2.11. The highest BCUT2D eigenvalue weighted by molar-refractivity contribution is 7.92. The van der Waals surface area contributed by atoms with Crippen molar-refractivity contribution >= 4 is 33.1 Å². The summed E-state index contributed by atoms with van der Waals surface area (Å²) in [5.41, 5.74) is 0.662. The quantitative estimate of drug-likeness (QED) is 0.848. The molecule has 116 valence electrons. The van der Waals surface area contributed by atoms with E-state index in [4.69, 9.17) is 16.3 Å². The molecule has 0 saturated carbocycles. The van der Waals surface area contributed by atoms with Crippen LogP contribution in [-0.2, 0) is 10.0 Å². The molecule has 0 heterocycles. The first-order chi connectivity index (χ1) is 10.3. The fraction of sp³-hybridized carbons (Fsp3) is 0.133. The van der Waals surface area contributed by atoms with Gasteiger partial charge in [0.25, 0.3) is 10.0 Å². The van der Waals surface area contributed by atoms with Gasteiger partial charge in [0.15, 0.2) is 5.78 Å². The molecule has 5 nitrogen and oxygen atoms in total. The zero-order valence-corrected chi connectivity index (χ0v) is 13.5. The molecule has 2 aromatic carbocycles. The molecule has 2 aromatic rings. The van der Waals surface area contributed by atoms with E-state index in [-0.39, 0.29) is 21.4 Å². The van der Waals surface area contributed by atoms with Gasteiger partial charge in [-0.1, -0.05) is 23.7 Å². The zero-order chi connectivity index (χ0) is 16.3. The predicted molar refractivity (Wildman–Crippen MR) is 85.3 cm³/mol. The Morgan fingerprint density at radius 3 is 2.32 bits per heavy atom. The summed E-state index contributed by atoms with van der Waals surface area (Å²) in [6, 6.07) is 10.3. The molecule has 7 heteroatoms. The molecule has 0 spiro atoms. The average Bonchev–Trinajstić information content (AvgIpc) is 2.49. The number of hydrogen-bond donors (Lipinski definition) is 1. The molecule has 22 heavy (non-hydrogen) atoms. The van der Waals surface area contributed by atoms with E-state index >= 15 is 0 Å². The van der Waals surface area contributed by atoms with Crippen molar-refractivity contribution in [2.75, 3.05) is 11.8 Å². The summed E-state index contributed by atoms with van der Waals surface area (Å²) in [7, 11) is -2.33. The first-order valence-corrected chi connectivity index (χ1v) is 8.17. The van der Waals surface area contributed by atoms with E-state index in [2.05, 4.69) is 4.72 Å². The topological polar surface area (TPSA) is 72.5 Å². The van der Waals surface area contributed by atoms with E-state index in [1.807, 2.05) is 0 Å². The number of methoxy groups -OCH3 is 1. The van der Waals surface area contributed by atoms with E-state index in [0.29, 0.717) is 11.3 Å². The third-order valence-corrected chi connectivity index (χ3v) is 4.70. The number of halogens is 1. The molecule has 2 rings (SSSR count). The number of hydrogen-bond acceptors (Lipinski definition) is 4. The van der Waals surface area contributed by atoms with Crippen LogP contribution in [-0.4, -0.2) is 21.3 Å². The van der Waals surface area contributed by atoms with Crippen LogP contribution < -0.4 is 9.46 Å². The van der Waals surface area contributed by atoms with Crippen LogP contribution >= 0.6 is 11.6 Å². The fourth-order valence-electron chi connectivity index (χ4n) is 1.78. The third-order valence-electron chi connectivity index (χ3n) is 2.99. The molecule has 0 aliphatic carbocycles. The Labute approximate surface area is 133 Å². The van der Waals surface area contributed by atoms with Gasteiger partial charge in [0.05, 0.1) is 22.7 Å². The van der Waals surface area contributed by atoms with Crippen LogP contribution in [0.3, 0.4) is 0 Å². The van der Waals surface area contributed by atoms with Crippen LogP contribution in [0.2, 0.25) is 5.02 Å². The van der Waals surface area contributed by atoms with Crippen molar-refractivity contribution < 1.29 is 17.9 Å². The number of anilines is 1. The Kier molecular flexibility index (Phi) is 4.73. The molecule has 0 atom stereocenters. The van der Waals surface area contributed by atoms with Gasteiger partial charge in [0, 0.05) is 11.6 Å². The lowest BCUT2D eigenvalue weighted by atomic mass is 10.2. The minimum Gasteiger partial charge on any atom is -0.497 e. The van der Waals surface area contributed by atoms with Gasteiger partial charge in [-0.15, -0.1) is 0 Å². The Bertz CT molecular complexity index is 801. The summed E-state index contributed by atoms with van der Waals surface area (Å²) >= 11 is 5.99. The van der Waals surface area contributed by atoms with E-state index in [9.17, 15) is 13.2 Å². The molecule has 0 unspecified atom stereocenters. The first kappa shape index (κ1) is 16.3. The van der Waals surface area contributed by atoms with Crippen molar-refractivity contribution in [1.29, 1.82) is 0 Å². The maximum absolute atomic E-state index is 12.3. The van der Waals surface area contributed by atoms with Crippen molar-refractivity contribution in [2.45, 2.75) is 11.8 Å². The highest BCUT2D eigenvalue weighted by Gasteiger charge is 2.16. The Morgan fingerprint density at radius 2 is 1.77 bits per heavy atom. The molecule has 0 saturated heterocycles. The number of nitrogens with one attached hydrogen (secondary N) is 1. The van der Waals surface area contributed by atoms with E-state index in [0.717, 1.165) is 0 Å². The number of ketones is 1. The summed E-state index contributed by atoms with van der Waals surface area (Å²) in [5, 5.41) is 0.254. The minimum absolute atomic E-state index is 0.0383. The monoisotopic (exact) mass is 339 g/mol. The summed E-state index contributed by atoms with van der Waals surface area (Å²) < 4.78 is 32.1. The summed E-state index contributed by atoms with van der Waals surface area (Å²) in [6.07, 6.45) is 0. The van der Waals surface area contributed by atoms with Crippen LogP contribution in [0, 0.1) is 0 Å². The second-order valence-corrected chi connectivity index (χ2v) is 6.62. The molecule has 0 aromatic heterocycles. The number of benzene rings is 2. The molecular formula is C15H14ClNO4S. The van der Waals surface area contributed by atoms with Crippen molar-refractivity contribution in [3.05, 3.63) is 53.1 Å². The van der Waals surface area contributed by atoms with Gasteiger partial charge in [0.1, 0.15) is 5.75 Å². The number of Topliss-reactive ketones (excluding diaryl/α,β-unsaturated/α-hetero) is 1. The van der Waals surface area contributed by atoms with E-state index in [1.165, 1.54) is 50.4 Å². The molecule has 1 N–H and O–H groups in total. The standard InChI is InChI=1S/C15H14ClNO4S/c1-10(18)11-3-6-13(7-4-11)22(19,20)17-15-9-12(21-2)5-8-14(15)16/h3-9,17H,1-2H3. The predicted octanol–water partition coefficient (Wildman–Crippen LogP) is 3.35. The molecule has 0 bridgehead atoms. The van der Waals surface area contributed by atoms with E-state index < -0.39 is 10.0 Å². The van der Waals surface area contributed by atoms with Gasteiger partial charge in [0.2, 0.25) is 0 Å². The average molecular weight is 340 g/mol. The van der Waals surface area contributed by atoms with Crippen molar-refractivity contribution in [1.82, 2.24) is 0 Å². The third kappa shape index (κ3) is 3.58. The Hall–Kier alpha value is -2.05. The van der Waals surface area contributed by atoms with Crippen molar-refractivity contribution in [3.63, 3.8) is 0 Å². The van der Waals surface area contributed by atoms with Gasteiger partial charge in [-0.2, -0.15) is 0 Å². The van der Waals surface area contributed by atoms with Gasteiger partial charge in [-0.05, 0) is 31.2 Å². The van der Waals surface area contributed by atoms with Crippen LogP contribution in [0.25, 0.3) is 0 Å². The van der Waals surface area contributed by atoms with Crippen LogP contribution in [0.5, 0.6) is 5.75 Å². The van der Waals surface area contributed by atoms with Crippen molar-refractivity contribution in [2.24, 2.45) is 0 Å². The Morgan fingerprint density at radius 1 is 1.14 bits per heavy atom. The largest absolute Gasteiger partial charge is 0.497 e. The molecule has 0 fully saturated rings. The van der Waals surface area contributed by atoms with Gasteiger partial charge < -0.3 is 4.74 Å². The number of rotatable bonds is 5. The van der Waals surface area contributed by atoms with Crippen LogP contribution in [0.4, 0.5) is 5.69 Å². The lowest BCUT2D eigenvalue weighted by Crippen LogP contribution is -2.13. The number of carbonyl (C=O) groups is 1. The highest BCUT2D eigenvalue weighted by Crippen LogP contribution is 2.28. The van der Waals surface area contributed by atoms with Crippen LogP contribution in [0.1, 0.15) is 17.3 Å². The number of carbonyl (C=O) groups excluding carboxylic acids is 1. The second-order valence-electron chi connectivity index (χ2n) is 4.53. The fourth-order valence-corrected chi connectivity index (χ4v) is 3.07. The van der Waals surface area contributed by atoms with Gasteiger partial charge >= 0.3 is 0 Å². The summed E-state index contributed by atoms with van der Waals surface area (Å²) in [4.78, 5) is 11.3. The minimum atomic E-state index is -3.80.